The molecule has 1 amide bonds. The lowest BCUT2D eigenvalue weighted by Crippen LogP contribution is -2.78. The molecule has 0 saturated carbocycles. The van der Waals surface area contributed by atoms with Crippen molar-refractivity contribution in [1.82, 2.24) is 15.5 Å². The van der Waals surface area contributed by atoms with Crippen LogP contribution in [0.2, 0.25) is 0 Å². The summed E-state index contributed by atoms with van der Waals surface area (Å²) in [6.07, 6.45) is 0.145. The minimum Gasteiger partial charge on any atom is -0.480 e. The summed E-state index contributed by atoms with van der Waals surface area (Å²) in [7, 11) is 0. The number of alkyl halides is 2. The number of aliphatic imine (C=N–C) groups is 2. The maximum atomic E-state index is 14.4. The summed E-state index contributed by atoms with van der Waals surface area (Å²) in [5.41, 5.74) is 9.65. The fourth-order valence-corrected chi connectivity index (χ4v) is 5.46. The van der Waals surface area contributed by atoms with E-state index in [2.05, 4.69) is 20.6 Å². The number of fused-ring (bicyclic) bond motifs is 1. The smallest absolute Gasteiger partial charge is 0.331 e. The number of amides is 1. The summed E-state index contributed by atoms with van der Waals surface area (Å²) in [6, 6.07) is -0.365. The highest BCUT2D eigenvalue weighted by Gasteiger charge is 2.74. The number of hydrogen-bond donors (Lipinski definition) is 7. The fraction of sp³-hybridized carbons (Fsp3) is 0.500. The van der Waals surface area contributed by atoms with Gasteiger partial charge in [-0.05, 0) is 24.5 Å². The van der Waals surface area contributed by atoms with E-state index in [1.165, 1.54) is 23.1 Å². The molecule has 34 heavy (non-hydrogen) atoms. The number of aliphatic carboxylic acids is 1. The molecule has 182 valence electrons. The van der Waals surface area contributed by atoms with Gasteiger partial charge < -0.3 is 42.3 Å². The van der Waals surface area contributed by atoms with Gasteiger partial charge in [0.15, 0.2) is 23.6 Å². The normalized spacial score (nSPS) is 32.5. The summed E-state index contributed by atoms with van der Waals surface area (Å²) < 4.78 is 28.7. The number of aliphatic hydroxyl groups is 2. The van der Waals surface area contributed by atoms with Gasteiger partial charge in [0.25, 0.3) is 11.8 Å². The van der Waals surface area contributed by atoms with Crippen molar-refractivity contribution in [3.63, 3.8) is 0 Å². The van der Waals surface area contributed by atoms with E-state index in [0.717, 1.165) is 0 Å². The van der Waals surface area contributed by atoms with Crippen LogP contribution in [0.25, 0.3) is 0 Å². The first kappa shape index (κ1) is 22.3. The average Bonchev–Trinajstić information content (AvgIpc) is 3.22. The van der Waals surface area contributed by atoms with Gasteiger partial charge >= 0.3 is 5.97 Å². The Morgan fingerprint density at radius 1 is 1.24 bits per heavy atom. The molecule has 12 nitrogen and oxygen atoms in total. The molecule has 3 heterocycles. The van der Waals surface area contributed by atoms with Gasteiger partial charge in [0.2, 0.25) is 5.79 Å². The number of rotatable bonds is 3. The number of halogens is 2. The predicted octanol–water partition coefficient (Wildman–Crippen LogP) is -2.03. The van der Waals surface area contributed by atoms with E-state index >= 15 is 0 Å². The Morgan fingerprint density at radius 3 is 2.68 bits per heavy atom. The zero-order chi connectivity index (χ0) is 24.6. The van der Waals surface area contributed by atoms with Crippen molar-refractivity contribution in [3.8, 4) is 0 Å². The molecule has 1 saturated heterocycles. The minimum absolute atomic E-state index is 0.00760. The van der Waals surface area contributed by atoms with E-state index in [1.807, 2.05) is 0 Å². The monoisotopic (exact) mass is 479 g/mol. The van der Waals surface area contributed by atoms with E-state index in [-0.39, 0.29) is 54.4 Å². The molecule has 5 rings (SSSR count). The highest BCUT2D eigenvalue weighted by Crippen LogP contribution is 2.45. The van der Waals surface area contributed by atoms with Crippen molar-refractivity contribution in [2.45, 2.75) is 54.8 Å². The van der Waals surface area contributed by atoms with Crippen LogP contribution in [-0.4, -0.2) is 80.1 Å². The Hall–Kier alpha value is -3.52. The van der Waals surface area contributed by atoms with Gasteiger partial charge in [-0.1, -0.05) is 12.1 Å². The van der Waals surface area contributed by atoms with E-state index < -0.39 is 47.4 Å². The maximum absolute atomic E-state index is 14.4. The summed E-state index contributed by atoms with van der Waals surface area (Å²) in [5.74, 6) is -8.68. The van der Waals surface area contributed by atoms with Crippen molar-refractivity contribution < 1.29 is 33.7 Å². The van der Waals surface area contributed by atoms with Gasteiger partial charge in [0, 0.05) is 24.1 Å². The molecule has 9 N–H and O–H groups in total. The van der Waals surface area contributed by atoms with Crippen LogP contribution >= 0.6 is 0 Å². The number of carboxylic acid groups (broad SMARTS) is 1. The standard InChI is InChI=1S/C20H23F2N7O5/c21-18(22)6-2-4-8-9(3-1-5-10(8)18)14(30)25-11-7-29-17(24)26-12(15(31)32)13-19(29,20(11,33)34)28-16(23)27-13/h1,3,5,11-13,33-34H,2,4,6-7H2,(H2,24,26)(H,25,30)(H,31,32)(H3,23,27,28). The Bertz CT molecular complexity index is 1160. The third-order valence-electron chi connectivity index (χ3n) is 7.00. The Morgan fingerprint density at radius 2 is 1.97 bits per heavy atom. The first-order valence-corrected chi connectivity index (χ1v) is 10.6. The molecule has 0 bridgehead atoms. The van der Waals surface area contributed by atoms with Crippen LogP contribution in [0.4, 0.5) is 8.78 Å². The number of hydrogen-bond acceptors (Lipinski definition) is 10. The molecule has 1 aromatic rings. The van der Waals surface area contributed by atoms with Gasteiger partial charge in [-0.3, -0.25) is 4.79 Å². The Labute approximate surface area is 191 Å². The SMILES string of the molecule is NC1=NC2C(C(=O)O)N=C(N)N3CC(NC(=O)c4cccc5c4CCCC5(F)F)C(O)(O)C23N1. The number of benzene rings is 1. The molecule has 4 aliphatic rings. The topological polar surface area (TPSA) is 199 Å². The maximum Gasteiger partial charge on any atom is 0.331 e. The molecular weight excluding hydrogens is 456 g/mol. The molecule has 0 radical (unpaired) electrons. The van der Waals surface area contributed by atoms with E-state index in [1.54, 1.807) is 0 Å². The van der Waals surface area contributed by atoms with Crippen LogP contribution < -0.4 is 22.1 Å². The minimum atomic E-state index is -3.07. The number of guanidine groups is 2. The Balaban J connectivity index is 1.50. The molecule has 1 aliphatic carbocycles. The molecule has 0 aromatic heterocycles. The lowest BCUT2D eigenvalue weighted by atomic mass is 9.84. The Kier molecular flexibility index (Phi) is 4.58. The number of carbonyl (C=O) groups is 2. The van der Waals surface area contributed by atoms with Crippen LogP contribution in [0, 0.1) is 0 Å². The van der Waals surface area contributed by atoms with Crippen molar-refractivity contribution in [2.75, 3.05) is 6.54 Å². The van der Waals surface area contributed by atoms with Gasteiger partial charge in [-0.2, -0.15) is 0 Å². The third kappa shape index (κ3) is 2.81. The van der Waals surface area contributed by atoms with Crippen molar-refractivity contribution in [2.24, 2.45) is 21.5 Å². The fourth-order valence-electron chi connectivity index (χ4n) is 5.46. The quantitative estimate of drug-likeness (QED) is 0.239. The van der Waals surface area contributed by atoms with Crippen LogP contribution in [0.15, 0.2) is 28.2 Å². The van der Waals surface area contributed by atoms with E-state index in [0.29, 0.717) is 0 Å². The van der Waals surface area contributed by atoms with Gasteiger partial charge in [-0.15, -0.1) is 0 Å². The molecule has 3 aliphatic heterocycles. The molecule has 4 unspecified atom stereocenters. The number of nitrogens with zero attached hydrogens (tertiary/aromatic N) is 3. The molecule has 1 spiro atoms. The van der Waals surface area contributed by atoms with Crippen molar-refractivity contribution >= 4 is 23.8 Å². The predicted molar refractivity (Wildman–Crippen MR) is 113 cm³/mol. The van der Waals surface area contributed by atoms with Crippen LogP contribution in [0.3, 0.4) is 0 Å². The molecule has 1 fully saturated rings. The summed E-state index contributed by atoms with van der Waals surface area (Å²) >= 11 is 0. The van der Waals surface area contributed by atoms with Gasteiger partial charge in [0.1, 0.15) is 12.1 Å². The van der Waals surface area contributed by atoms with E-state index in [9.17, 15) is 33.7 Å². The summed E-state index contributed by atoms with van der Waals surface area (Å²) in [6.45, 7) is -0.294. The number of nitrogens with two attached hydrogens (primary N) is 2. The second kappa shape index (κ2) is 6.99. The lowest BCUT2D eigenvalue weighted by Gasteiger charge is -2.48. The second-order valence-corrected chi connectivity index (χ2v) is 8.87. The lowest BCUT2D eigenvalue weighted by molar-refractivity contribution is -0.230. The first-order valence-electron chi connectivity index (χ1n) is 10.6. The third-order valence-corrected chi connectivity index (χ3v) is 7.00. The number of carboxylic acids is 1. The largest absolute Gasteiger partial charge is 0.480 e. The van der Waals surface area contributed by atoms with Crippen LogP contribution in [-0.2, 0) is 17.1 Å². The van der Waals surface area contributed by atoms with Crippen molar-refractivity contribution in [1.29, 1.82) is 0 Å². The molecule has 4 atom stereocenters. The average molecular weight is 479 g/mol. The zero-order valence-electron chi connectivity index (χ0n) is 17.7. The molecular formula is C20H23F2N7O5. The van der Waals surface area contributed by atoms with Gasteiger partial charge in [0.05, 0.1) is 0 Å². The molecule has 14 heteroatoms. The van der Waals surface area contributed by atoms with Crippen molar-refractivity contribution in [3.05, 3.63) is 34.9 Å². The highest BCUT2D eigenvalue weighted by molar-refractivity contribution is 5.97. The number of carbonyl (C=O) groups excluding carboxylic acids is 1. The highest BCUT2D eigenvalue weighted by atomic mass is 19.3. The first-order chi connectivity index (χ1) is 15.9. The zero-order valence-corrected chi connectivity index (χ0v) is 17.7. The summed E-state index contributed by atoms with van der Waals surface area (Å²) in [4.78, 5) is 34.0. The molecule has 1 aromatic carbocycles. The van der Waals surface area contributed by atoms with Gasteiger partial charge in [-0.25, -0.2) is 23.6 Å². The van der Waals surface area contributed by atoms with E-state index in [4.69, 9.17) is 11.5 Å². The summed E-state index contributed by atoms with van der Waals surface area (Å²) in [5, 5.41) is 37.2. The van der Waals surface area contributed by atoms with Crippen LogP contribution in [0.1, 0.15) is 34.3 Å². The second-order valence-electron chi connectivity index (χ2n) is 8.87. The number of nitrogens with one attached hydrogen (secondary N) is 2. The van der Waals surface area contributed by atoms with Crippen LogP contribution in [0.5, 0.6) is 0 Å².